The summed E-state index contributed by atoms with van der Waals surface area (Å²) in [4.78, 5) is 19.5. The number of carboxylic acid groups (broad SMARTS) is 1. The van der Waals surface area contributed by atoms with Gasteiger partial charge in [0.05, 0.1) is 6.42 Å². The van der Waals surface area contributed by atoms with Crippen molar-refractivity contribution >= 4 is 12.4 Å². The first-order valence-electron chi connectivity index (χ1n) is 2.47. The predicted octanol–water partition coefficient (Wildman–Crippen LogP) is 0.0201. The molecular formula is C5H8O4V. The second-order valence-electron chi connectivity index (χ2n) is 1.64. The Bertz CT molecular complexity index is 114. The van der Waals surface area contributed by atoms with Crippen LogP contribution in [0.5, 0.6) is 0 Å². The van der Waals surface area contributed by atoms with Crippen LogP contribution < -0.4 is 0 Å². The van der Waals surface area contributed by atoms with Crippen molar-refractivity contribution in [1.82, 2.24) is 0 Å². The van der Waals surface area contributed by atoms with Crippen LogP contribution in [0.2, 0.25) is 0 Å². The molecule has 0 saturated heterocycles. The summed E-state index contributed by atoms with van der Waals surface area (Å²) in [5.74, 6) is -0.968. The zero-order chi connectivity index (χ0) is 7.28. The summed E-state index contributed by atoms with van der Waals surface area (Å²) in [6.07, 6.45) is -0.668. The number of carbonyl (C=O) groups is 2. The largest absolute Gasteiger partial charge is 0.481 e. The quantitative estimate of drug-likeness (QED) is 0.624. The molecule has 1 radical (unpaired) electrons. The summed E-state index contributed by atoms with van der Waals surface area (Å²) in [7, 11) is 0. The first kappa shape index (κ1) is 12.2. The Labute approximate surface area is 70.4 Å². The smallest absolute Gasteiger partial charge is 0.307 e. The molecule has 0 rings (SSSR count). The van der Waals surface area contributed by atoms with E-state index in [4.69, 9.17) is 5.11 Å². The average molecular weight is 183 g/mol. The van der Waals surface area contributed by atoms with Crippen LogP contribution >= 0.6 is 0 Å². The Morgan fingerprint density at radius 1 is 1.80 bits per heavy atom. The maximum Gasteiger partial charge on any atom is 0.307 e. The third-order valence-electron chi connectivity index (χ3n) is 0.750. The van der Waals surface area contributed by atoms with E-state index < -0.39 is 12.1 Å². The third kappa shape index (κ3) is 7.52. The van der Waals surface area contributed by atoms with E-state index in [1.165, 1.54) is 6.92 Å². The number of carboxylic acids is 1. The van der Waals surface area contributed by atoms with Crippen molar-refractivity contribution in [2.45, 2.75) is 19.4 Å². The zero-order valence-corrected chi connectivity index (χ0v) is 6.88. The van der Waals surface area contributed by atoms with Gasteiger partial charge in [-0.2, -0.15) is 0 Å². The number of rotatable bonds is 4. The fraction of sp³-hybridized carbons (Fsp3) is 0.600. The van der Waals surface area contributed by atoms with Gasteiger partial charge >= 0.3 is 5.97 Å². The fourth-order valence-electron chi connectivity index (χ4n) is 0.389. The number of hydrogen-bond acceptors (Lipinski definition) is 3. The summed E-state index contributed by atoms with van der Waals surface area (Å²) < 4.78 is 4.29. The number of carbonyl (C=O) groups excluding carboxylic acids is 1. The third-order valence-corrected chi connectivity index (χ3v) is 0.750. The topological polar surface area (TPSA) is 63.6 Å². The molecule has 0 aliphatic carbocycles. The molecule has 5 heteroatoms. The normalized spacial score (nSPS) is 10.9. The van der Waals surface area contributed by atoms with Gasteiger partial charge in [-0.15, -0.1) is 0 Å². The zero-order valence-electron chi connectivity index (χ0n) is 5.48. The van der Waals surface area contributed by atoms with Gasteiger partial charge in [0.15, 0.2) is 0 Å². The molecule has 1 N–H and O–H groups in total. The van der Waals surface area contributed by atoms with Crippen LogP contribution in [0.1, 0.15) is 13.3 Å². The molecule has 0 bridgehead atoms. The Morgan fingerprint density at radius 3 is 2.60 bits per heavy atom. The van der Waals surface area contributed by atoms with Crippen molar-refractivity contribution in [1.29, 1.82) is 0 Å². The monoisotopic (exact) mass is 183 g/mol. The van der Waals surface area contributed by atoms with Crippen LogP contribution in [0.3, 0.4) is 0 Å². The van der Waals surface area contributed by atoms with Crippen molar-refractivity contribution < 1.29 is 38.0 Å². The second kappa shape index (κ2) is 6.64. The average Bonchev–Trinajstić information content (AvgIpc) is 1.63. The van der Waals surface area contributed by atoms with E-state index in [-0.39, 0.29) is 31.4 Å². The van der Waals surface area contributed by atoms with Crippen molar-refractivity contribution in [2.75, 3.05) is 0 Å². The maximum absolute atomic E-state index is 9.89. The van der Waals surface area contributed by atoms with Crippen molar-refractivity contribution in [3.05, 3.63) is 0 Å². The van der Waals surface area contributed by atoms with Crippen LogP contribution in [0.15, 0.2) is 0 Å². The molecule has 0 heterocycles. The molecular weight excluding hydrogens is 175 g/mol. The molecule has 0 amide bonds. The molecule has 0 aliphatic heterocycles. The van der Waals surface area contributed by atoms with Crippen LogP contribution in [0.4, 0.5) is 0 Å². The maximum atomic E-state index is 9.89. The van der Waals surface area contributed by atoms with Crippen LogP contribution in [-0.2, 0) is 32.9 Å². The van der Waals surface area contributed by atoms with Gasteiger partial charge in [-0.05, 0) is 6.92 Å². The standard InChI is InChI=1S/C5H8O4.V/c1-4(9-3-6)2-5(7)8;/h3-4H,2H2,1H3,(H,7,8);. The van der Waals surface area contributed by atoms with Crippen molar-refractivity contribution in [2.24, 2.45) is 0 Å². The minimum atomic E-state index is -0.968. The SMILES string of the molecule is CC(CC(=O)O)OC=O.[V]. The Kier molecular flexibility index (Phi) is 8.12. The van der Waals surface area contributed by atoms with Gasteiger partial charge in [-0.1, -0.05) is 0 Å². The summed E-state index contributed by atoms with van der Waals surface area (Å²) in [6, 6.07) is 0. The molecule has 1 atom stereocenters. The second-order valence-corrected chi connectivity index (χ2v) is 1.64. The molecule has 0 aromatic heterocycles. The van der Waals surface area contributed by atoms with Gasteiger partial charge in [0.2, 0.25) is 0 Å². The number of aliphatic carboxylic acids is 1. The van der Waals surface area contributed by atoms with Crippen molar-refractivity contribution in [3.8, 4) is 0 Å². The molecule has 10 heavy (non-hydrogen) atoms. The van der Waals surface area contributed by atoms with E-state index in [0.717, 1.165) is 0 Å². The number of hydrogen-bond donors (Lipinski definition) is 1. The van der Waals surface area contributed by atoms with E-state index in [1.54, 1.807) is 0 Å². The molecule has 4 nitrogen and oxygen atoms in total. The van der Waals surface area contributed by atoms with E-state index >= 15 is 0 Å². The Morgan fingerprint density at radius 2 is 2.30 bits per heavy atom. The summed E-state index contributed by atoms with van der Waals surface area (Å²) in [5, 5.41) is 8.11. The predicted molar refractivity (Wildman–Crippen MR) is 28.9 cm³/mol. The molecule has 0 saturated carbocycles. The van der Waals surface area contributed by atoms with Gasteiger partial charge in [0.25, 0.3) is 6.47 Å². The van der Waals surface area contributed by atoms with Crippen LogP contribution in [0, 0.1) is 0 Å². The van der Waals surface area contributed by atoms with Crippen molar-refractivity contribution in [3.63, 3.8) is 0 Å². The first-order valence-corrected chi connectivity index (χ1v) is 2.47. The van der Waals surface area contributed by atoms with E-state index in [9.17, 15) is 9.59 Å². The molecule has 0 aromatic carbocycles. The van der Waals surface area contributed by atoms with E-state index in [2.05, 4.69) is 4.74 Å². The Balaban J connectivity index is 0. The Hall–Kier alpha value is -0.476. The molecule has 57 valence electrons. The van der Waals surface area contributed by atoms with Crippen LogP contribution in [-0.4, -0.2) is 23.7 Å². The summed E-state index contributed by atoms with van der Waals surface area (Å²) in [6.45, 7) is 1.76. The minimum Gasteiger partial charge on any atom is -0.481 e. The molecule has 0 aliphatic rings. The van der Waals surface area contributed by atoms with Crippen LogP contribution in [0.25, 0.3) is 0 Å². The van der Waals surface area contributed by atoms with Gasteiger partial charge in [0, 0.05) is 18.6 Å². The summed E-state index contributed by atoms with van der Waals surface area (Å²) in [5.41, 5.74) is 0. The molecule has 1 unspecified atom stereocenters. The molecule has 0 aromatic rings. The fourth-order valence-corrected chi connectivity index (χ4v) is 0.389. The van der Waals surface area contributed by atoms with Gasteiger partial charge in [-0.3, -0.25) is 9.59 Å². The number of ether oxygens (including phenoxy) is 1. The molecule has 0 fully saturated rings. The summed E-state index contributed by atoms with van der Waals surface area (Å²) >= 11 is 0. The van der Waals surface area contributed by atoms with Gasteiger partial charge < -0.3 is 9.84 Å². The minimum absolute atomic E-state index is 0. The van der Waals surface area contributed by atoms with Gasteiger partial charge in [-0.25, -0.2) is 0 Å². The van der Waals surface area contributed by atoms with E-state index in [1.807, 2.05) is 0 Å². The van der Waals surface area contributed by atoms with Gasteiger partial charge in [0.1, 0.15) is 6.10 Å². The molecule has 0 spiro atoms. The van der Waals surface area contributed by atoms with E-state index in [0.29, 0.717) is 0 Å². The first-order chi connectivity index (χ1) is 4.16.